The first-order chi connectivity index (χ1) is 4.68. The molecule has 0 aliphatic heterocycles. The van der Waals surface area contributed by atoms with E-state index in [1.54, 1.807) is 0 Å². The Morgan fingerprint density at radius 2 is 2.00 bits per heavy atom. The minimum atomic E-state index is -2.35. The van der Waals surface area contributed by atoms with Gasteiger partial charge in [0, 0.05) is 6.04 Å². The molecular formula is C6H12ClF2NO. The van der Waals surface area contributed by atoms with Crippen molar-refractivity contribution < 1.29 is 13.5 Å². The molecule has 1 rings (SSSR count). The van der Waals surface area contributed by atoms with Crippen LogP contribution in [0.25, 0.3) is 0 Å². The van der Waals surface area contributed by atoms with Gasteiger partial charge < -0.3 is 10.5 Å². The Kier molecular flexibility index (Phi) is 4.88. The van der Waals surface area contributed by atoms with Gasteiger partial charge in [0.15, 0.2) is 0 Å². The van der Waals surface area contributed by atoms with Crippen molar-refractivity contribution in [1.82, 2.24) is 0 Å². The van der Waals surface area contributed by atoms with E-state index in [4.69, 9.17) is 10.5 Å². The Bertz CT molecular complexity index is 109. The minimum absolute atomic E-state index is 0. The Morgan fingerprint density at radius 3 is 2.36 bits per heavy atom. The van der Waals surface area contributed by atoms with Crippen LogP contribution in [0, 0.1) is 0 Å². The van der Waals surface area contributed by atoms with Crippen LogP contribution in [0.5, 0.6) is 0 Å². The van der Waals surface area contributed by atoms with Crippen LogP contribution in [-0.2, 0) is 4.74 Å². The number of nitrogens with two attached hydrogens (primary N) is 1. The zero-order valence-electron chi connectivity index (χ0n) is 6.00. The summed E-state index contributed by atoms with van der Waals surface area (Å²) in [6.45, 7) is -0.447. The van der Waals surface area contributed by atoms with Crippen LogP contribution in [0.15, 0.2) is 0 Å². The number of hydrogen-bond donors (Lipinski definition) is 1. The van der Waals surface area contributed by atoms with Gasteiger partial charge in [0.1, 0.15) is 6.61 Å². The summed E-state index contributed by atoms with van der Waals surface area (Å²) in [5, 5.41) is 0. The van der Waals surface area contributed by atoms with Gasteiger partial charge in [-0.05, 0) is 12.8 Å². The van der Waals surface area contributed by atoms with Gasteiger partial charge in [0.25, 0.3) is 6.43 Å². The summed E-state index contributed by atoms with van der Waals surface area (Å²) in [5.41, 5.74) is 5.41. The summed E-state index contributed by atoms with van der Waals surface area (Å²) in [7, 11) is 0. The van der Waals surface area contributed by atoms with Crippen molar-refractivity contribution in [3.05, 3.63) is 0 Å². The molecule has 0 atom stereocenters. The summed E-state index contributed by atoms with van der Waals surface area (Å²) < 4.78 is 27.8. The summed E-state index contributed by atoms with van der Waals surface area (Å²) >= 11 is 0. The molecule has 1 aliphatic rings. The molecule has 1 fully saturated rings. The predicted molar refractivity (Wildman–Crippen MR) is 40.2 cm³/mol. The maximum Gasteiger partial charge on any atom is 0.261 e. The van der Waals surface area contributed by atoms with Crippen molar-refractivity contribution in [2.75, 3.05) is 6.61 Å². The zero-order chi connectivity index (χ0) is 7.56. The second kappa shape index (κ2) is 4.85. The van der Waals surface area contributed by atoms with Crippen molar-refractivity contribution >= 4 is 12.4 Å². The molecule has 0 aromatic rings. The van der Waals surface area contributed by atoms with Crippen molar-refractivity contribution in [2.24, 2.45) is 5.73 Å². The van der Waals surface area contributed by atoms with Crippen molar-refractivity contribution in [2.45, 2.75) is 31.4 Å². The monoisotopic (exact) mass is 187 g/mol. The molecule has 0 saturated heterocycles. The third-order valence-electron chi connectivity index (χ3n) is 1.59. The highest BCUT2D eigenvalue weighted by Gasteiger charge is 2.27. The summed E-state index contributed by atoms with van der Waals surface area (Å²) in [6.07, 6.45) is -0.903. The van der Waals surface area contributed by atoms with Gasteiger partial charge >= 0.3 is 0 Å². The van der Waals surface area contributed by atoms with Crippen molar-refractivity contribution in [3.8, 4) is 0 Å². The normalized spacial score (nSPS) is 29.5. The molecule has 0 amide bonds. The average Bonchev–Trinajstić information content (AvgIpc) is 1.77. The molecule has 1 saturated carbocycles. The number of halogens is 3. The van der Waals surface area contributed by atoms with Gasteiger partial charge in [-0.1, -0.05) is 0 Å². The first-order valence-corrected chi connectivity index (χ1v) is 3.34. The number of rotatable bonds is 3. The molecule has 0 bridgehead atoms. The van der Waals surface area contributed by atoms with E-state index in [1.807, 2.05) is 0 Å². The van der Waals surface area contributed by atoms with E-state index in [0.717, 1.165) is 12.8 Å². The van der Waals surface area contributed by atoms with Crippen molar-refractivity contribution in [1.29, 1.82) is 0 Å². The molecule has 2 N–H and O–H groups in total. The molecule has 0 radical (unpaired) electrons. The van der Waals surface area contributed by atoms with E-state index in [1.165, 1.54) is 0 Å². The van der Waals surface area contributed by atoms with E-state index in [-0.39, 0.29) is 24.6 Å². The summed E-state index contributed by atoms with van der Waals surface area (Å²) in [6, 6.07) is 0.169. The van der Waals surface area contributed by atoms with Crippen LogP contribution in [0.2, 0.25) is 0 Å². The van der Waals surface area contributed by atoms with Crippen LogP contribution in [0.4, 0.5) is 8.78 Å². The topological polar surface area (TPSA) is 35.2 Å². The van der Waals surface area contributed by atoms with Crippen molar-refractivity contribution in [3.63, 3.8) is 0 Å². The van der Waals surface area contributed by atoms with Crippen LogP contribution < -0.4 is 5.73 Å². The third kappa shape index (κ3) is 3.84. The molecule has 0 aromatic heterocycles. The fourth-order valence-corrected chi connectivity index (χ4v) is 0.951. The molecule has 0 spiro atoms. The standard InChI is InChI=1S/C6H11F2NO.ClH/c7-6(8)3-10-5-1-4(9)2-5;/h4-6H,1-3,9H2;1H. The predicted octanol–water partition coefficient (Wildman–Crippen LogP) is 1.18. The summed E-state index contributed by atoms with van der Waals surface area (Å²) in [4.78, 5) is 0. The number of ether oxygens (including phenoxy) is 1. The van der Waals surface area contributed by atoms with E-state index < -0.39 is 13.0 Å². The molecule has 0 unspecified atom stereocenters. The van der Waals surface area contributed by atoms with E-state index in [0.29, 0.717) is 0 Å². The van der Waals surface area contributed by atoms with Crippen LogP contribution in [-0.4, -0.2) is 25.2 Å². The Balaban J connectivity index is 0.000001000. The quantitative estimate of drug-likeness (QED) is 0.720. The molecule has 0 heterocycles. The summed E-state index contributed by atoms with van der Waals surface area (Å²) in [5.74, 6) is 0. The van der Waals surface area contributed by atoms with Crippen LogP contribution in [0.1, 0.15) is 12.8 Å². The lowest BCUT2D eigenvalue weighted by atomic mass is 9.90. The fourth-order valence-electron chi connectivity index (χ4n) is 0.951. The van der Waals surface area contributed by atoms with Gasteiger partial charge in [-0.2, -0.15) is 0 Å². The first kappa shape index (κ1) is 11.1. The lowest BCUT2D eigenvalue weighted by molar-refractivity contribution is -0.0593. The molecule has 5 heteroatoms. The zero-order valence-corrected chi connectivity index (χ0v) is 6.82. The first-order valence-electron chi connectivity index (χ1n) is 3.34. The highest BCUT2D eigenvalue weighted by atomic mass is 35.5. The second-order valence-electron chi connectivity index (χ2n) is 2.58. The number of hydrogen-bond acceptors (Lipinski definition) is 2. The van der Waals surface area contributed by atoms with Crippen LogP contribution in [0.3, 0.4) is 0 Å². The maximum atomic E-state index is 11.5. The van der Waals surface area contributed by atoms with Gasteiger partial charge in [-0.3, -0.25) is 0 Å². The van der Waals surface area contributed by atoms with E-state index in [2.05, 4.69) is 0 Å². The fraction of sp³-hybridized carbons (Fsp3) is 1.00. The minimum Gasteiger partial charge on any atom is -0.372 e. The third-order valence-corrected chi connectivity index (χ3v) is 1.59. The largest absolute Gasteiger partial charge is 0.372 e. The average molecular weight is 188 g/mol. The van der Waals surface area contributed by atoms with Crippen LogP contribution >= 0.6 is 12.4 Å². The Morgan fingerprint density at radius 1 is 1.45 bits per heavy atom. The Labute approximate surface area is 70.5 Å². The number of alkyl halides is 2. The highest BCUT2D eigenvalue weighted by Crippen LogP contribution is 2.21. The molecule has 1 aliphatic carbocycles. The van der Waals surface area contributed by atoms with Gasteiger partial charge in [0.2, 0.25) is 0 Å². The van der Waals surface area contributed by atoms with Gasteiger partial charge in [0.05, 0.1) is 6.10 Å². The molecule has 0 aromatic carbocycles. The SMILES string of the molecule is Cl.NC1CC(OCC(F)F)C1. The maximum absolute atomic E-state index is 11.5. The molecular weight excluding hydrogens is 176 g/mol. The lowest BCUT2D eigenvalue weighted by Gasteiger charge is -2.31. The molecule has 2 nitrogen and oxygen atoms in total. The van der Waals surface area contributed by atoms with E-state index >= 15 is 0 Å². The molecule has 68 valence electrons. The van der Waals surface area contributed by atoms with E-state index in [9.17, 15) is 8.78 Å². The second-order valence-corrected chi connectivity index (χ2v) is 2.58. The lowest BCUT2D eigenvalue weighted by Crippen LogP contribution is -2.42. The Hall–Kier alpha value is 0.0700. The van der Waals surface area contributed by atoms with Gasteiger partial charge in [-0.25, -0.2) is 8.78 Å². The molecule has 11 heavy (non-hydrogen) atoms. The smallest absolute Gasteiger partial charge is 0.261 e. The van der Waals surface area contributed by atoms with Gasteiger partial charge in [-0.15, -0.1) is 12.4 Å². The highest BCUT2D eigenvalue weighted by molar-refractivity contribution is 5.85.